The van der Waals surface area contributed by atoms with E-state index in [4.69, 9.17) is 0 Å². The van der Waals surface area contributed by atoms with Gasteiger partial charge in [0.15, 0.2) is 0 Å². The minimum absolute atomic E-state index is 0.441. The van der Waals surface area contributed by atoms with Gasteiger partial charge in [-0.25, -0.2) is 0 Å². The highest BCUT2D eigenvalue weighted by atomic mass is 32.2. The molecule has 0 aromatic heterocycles. The molecule has 15 heavy (non-hydrogen) atoms. The van der Waals surface area contributed by atoms with Gasteiger partial charge < -0.3 is 0 Å². The Hall–Kier alpha value is 0.180. The van der Waals surface area contributed by atoms with Crippen LogP contribution in [0.15, 0.2) is 25.3 Å². The van der Waals surface area contributed by atoms with E-state index in [-0.39, 0.29) is 0 Å². The van der Waals surface area contributed by atoms with Crippen LogP contribution < -0.4 is 0 Å². The van der Waals surface area contributed by atoms with Gasteiger partial charge in [-0.1, -0.05) is 12.2 Å². The highest BCUT2D eigenvalue weighted by Gasteiger charge is 2.46. The van der Waals surface area contributed by atoms with Crippen molar-refractivity contribution < 1.29 is 0 Å². The van der Waals surface area contributed by atoms with Crippen molar-refractivity contribution in [2.24, 2.45) is 17.8 Å². The van der Waals surface area contributed by atoms with Crippen LogP contribution in [-0.4, -0.2) is 15.6 Å². The van der Waals surface area contributed by atoms with E-state index >= 15 is 0 Å². The molecule has 2 heteroatoms. The van der Waals surface area contributed by atoms with Crippen LogP contribution in [0.1, 0.15) is 19.8 Å². The minimum Gasteiger partial charge on any atom is -0.143 e. The van der Waals surface area contributed by atoms with Crippen LogP contribution in [0.5, 0.6) is 0 Å². The normalized spacial score (nSPS) is 39.1. The summed E-state index contributed by atoms with van der Waals surface area (Å²) >= 11 is 4.31. The first-order chi connectivity index (χ1) is 7.19. The standard InChI is InChI=1S/C13H20S2/c1-4-10-8-11(5-2)12(9-10)13(3)14-6-7-15-13/h4-5,10-12H,1-2,6-9H2,3H3. The summed E-state index contributed by atoms with van der Waals surface area (Å²) in [7, 11) is 0. The summed E-state index contributed by atoms with van der Waals surface area (Å²) in [6, 6.07) is 0. The molecule has 1 aliphatic heterocycles. The fourth-order valence-electron chi connectivity index (χ4n) is 2.91. The van der Waals surface area contributed by atoms with E-state index in [0.29, 0.717) is 10.00 Å². The molecule has 1 saturated carbocycles. The molecule has 84 valence electrons. The zero-order valence-electron chi connectivity index (χ0n) is 9.45. The van der Waals surface area contributed by atoms with Gasteiger partial charge in [-0.3, -0.25) is 0 Å². The molecule has 0 aromatic rings. The van der Waals surface area contributed by atoms with E-state index in [0.717, 1.165) is 11.8 Å². The van der Waals surface area contributed by atoms with Crippen LogP contribution in [0.3, 0.4) is 0 Å². The molecule has 0 radical (unpaired) electrons. The Kier molecular flexibility index (Phi) is 3.56. The molecule has 0 amide bonds. The molecule has 0 spiro atoms. The van der Waals surface area contributed by atoms with Crippen LogP contribution in [0, 0.1) is 17.8 Å². The third kappa shape index (κ3) is 2.16. The van der Waals surface area contributed by atoms with Crippen molar-refractivity contribution >= 4 is 23.5 Å². The number of thioether (sulfide) groups is 2. The molecular formula is C13H20S2. The third-order valence-electron chi connectivity index (χ3n) is 3.82. The van der Waals surface area contributed by atoms with Gasteiger partial charge in [0.2, 0.25) is 0 Å². The zero-order valence-corrected chi connectivity index (χ0v) is 11.1. The topological polar surface area (TPSA) is 0 Å². The Morgan fingerprint density at radius 2 is 1.80 bits per heavy atom. The van der Waals surface area contributed by atoms with Crippen LogP contribution in [-0.2, 0) is 0 Å². The average Bonchev–Trinajstić information content (AvgIpc) is 2.84. The molecule has 0 aromatic carbocycles. The fourth-order valence-corrected chi connectivity index (χ4v) is 6.19. The lowest BCUT2D eigenvalue weighted by Gasteiger charge is -2.32. The molecule has 1 aliphatic carbocycles. The van der Waals surface area contributed by atoms with E-state index in [1.54, 1.807) is 0 Å². The second kappa shape index (κ2) is 4.58. The van der Waals surface area contributed by atoms with E-state index in [9.17, 15) is 0 Å². The summed E-state index contributed by atoms with van der Waals surface area (Å²) < 4.78 is 0.441. The first-order valence-corrected chi connectivity index (χ1v) is 7.69. The predicted molar refractivity (Wildman–Crippen MR) is 73.4 cm³/mol. The highest BCUT2D eigenvalue weighted by Crippen LogP contribution is 2.56. The molecule has 3 unspecified atom stereocenters. The third-order valence-corrected chi connectivity index (χ3v) is 7.35. The van der Waals surface area contributed by atoms with Gasteiger partial charge in [-0.2, -0.15) is 0 Å². The van der Waals surface area contributed by atoms with Crippen molar-refractivity contribution in [1.82, 2.24) is 0 Å². The summed E-state index contributed by atoms with van der Waals surface area (Å²) in [4.78, 5) is 0. The molecule has 0 nitrogen and oxygen atoms in total. The second-order valence-corrected chi connectivity index (χ2v) is 8.03. The zero-order chi connectivity index (χ0) is 10.9. The van der Waals surface area contributed by atoms with Gasteiger partial charge in [0.1, 0.15) is 0 Å². The molecule has 1 heterocycles. The molecule has 0 N–H and O–H groups in total. The van der Waals surface area contributed by atoms with E-state index in [2.05, 4.69) is 55.8 Å². The Morgan fingerprint density at radius 1 is 1.13 bits per heavy atom. The Labute approximate surface area is 102 Å². The summed E-state index contributed by atoms with van der Waals surface area (Å²) in [5, 5.41) is 0. The Bertz CT molecular complexity index is 253. The largest absolute Gasteiger partial charge is 0.143 e. The van der Waals surface area contributed by atoms with Gasteiger partial charge >= 0.3 is 0 Å². The lowest BCUT2D eigenvalue weighted by Crippen LogP contribution is -2.27. The Morgan fingerprint density at radius 3 is 2.33 bits per heavy atom. The predicted octanol–water partition coefficient (Wildman–Crippen LogP) is 4.20. The van der Waals surface area contributed by atoms with Gasteiger partial charge in [-0.15, -0.1) is 36.7 Å². The van der Waals surface area contributed by atoms with Crippen molar-refractivity contribution in [2.45, 2.75) is 23.8 Å². The molecule has 2 fully saturated rings. The molecule has 2 aliphatic rings. The van der Waals surface area contributed by atoms with Crippen molar-refractivity contribution in [2.75, 3.05) is 11.5 Å². The van der Waals surface area contributed by atoms with Gasteiger partial charge in [0, 0.05) is 11.5 Å². The average molecular weight is 240 g/mol. The number of rotatable bonds is 3. The lowest BCUT2D eigenvalue weighted by molar-refractivity contribution is 0.434. The number of hydrogen-bond donors (Lipinski definition) is 0. The lowest BCUT2D eigenvalue weighted by atomic mass is 9.93. The van der Waals surface area contributed by atoms with Crippen LogP contribution in [0.2, 0.25) is 0 Å². The fraction of sp³-hybridized carbons (Fsp3) is 0.692. The van der Waals surface area contributed by atoms with E-state index in [1.165, 1.54) is 24.3 Å². The maximum atomic E-state index is 4.01. The molecule has 3 atom stereocenters. The summed E-state index contributed by atoms with van der Waals surface area (Å²) in [6.45, 7) is 10.4. The quantitative estimate of drug-likeness (QED) is 0.678. The number of allylic oxidation sites excluding steroid dienone is 2. The minimum atomic E-state index is 0.441. The molecule has 1 saturated heterocycles. The second-order valence-electron chi connectivity index (χ2n) is 4.69. The van der Waals surface area contributed by atoms with Gasteiger partial charge in [0.25, 0.3) is 0 Å². The first-order valence-electron chi connectivity index (χ1n) is 5.72. The summed E-state index contributed by atoms with van der Waals surface area (Å²) in [5.41, 5.74) is 0. The van der Waals surface area contributed by atoms with Crippen LogP contribution in [0.25, 0.3) is 0 Å². The van der Waals surface area contributed by atoms with Crippen molar-refractivity contribution in [3.05, 3.63) is 25.3 Å². The van der Waals surface area contributed by atoms with E-state index < -0.39 is 0 Å². The molecule has 0 bridgehead atoms. The van der Waals surface area contributed by atoms with Crippen molar-refractivity contribution in [1.29, 1.82) is 0 Å². The first kappa shape index (κ1) is 11.7. The summed E-state index contributed by atoms with van der Waals surface area (Å²) in [6.07, 6.45) is 6.91. The molecular weight excluding hydrogens is 220 g/mol. The van der Waals surface area contributed by atoms with Crippen LogP contribution >= 0.6 is 23.5 Å². The smallest absolute Gasteiger partial charge is 0.0617 e. The number of hydrogen-bond acceptors (Lipinski definition) is 2. The monoisotopic (exact) mass is 240 g/mol. The van der Waals surface area contributed by atoms with E-state index in [1.807, 2.05) is 0 Å². The van der Waals surface area contributed by atoms with Gasteiger partial charge in [-0.05, 0) is 37.5 Å². The SMILES string of the molecule is C=CC1CC(C=C)C(C2(C)SCCS2)C1. The summed E-state index contributed by atoms with van der Waals surface area (Å²) in [5.74, 6) is 4.86. The maximum Gasteiger partial charge on any atom is 0.0617 e. The van der Waals surface area contributed by atoms with Crippen molar-refractivity contribution in [3.8, 4) is 0 Å². The Balaban J connectivity index is 2.13. The maximum absolute atomic E-state index is 4.01. The van der Waals surface area contributed by atoms with Crippen molar-refractivity contribution in [3.63, 3.8) is 0 Å². The van der Waals surface area contributed by atoms with Gasteiger partial charge in [0.05, 0.1) is 4.08 Å². The molecule has 2 rings (SSSR count). The highest BCUT2D eigenvalue weighted by molar-refractivity contribution is 8.21. The van der Waals surface area contributed by atoms with Crippen LogP contribution in [0.4, 0.5) is 0 Å².